The van der Waals surface area contributed by atoms with Crippen LogP contribution in [0.1, 0.15) is 5.56 Å². The average Bonchev–Trinajstić information content (AvgIpc) is 2.85. The van der Waals surface area contributed by atoms with Crippen LogP contribution in [0.3, 0.4) is 0 Å². The van der Waals surface area contributed by atoms with Crippen LogP contribution >= 0.6 is 0 Å². The molecule has 0 bridgehead atoms. The molecule has 1 aromatic carbocycles. The molecule has 6 heteroatoms. The van der Waals surface area contributed by atoms with E-state index in [0.717, 1.165) is 5.56 Å². The summed E-state index contributed by atoms with van der Waals surface area (Å²) in [6, 6.07) is 8.89. The third-order valence-electron chi connectivity index (χ3n) is 2.92. The van der Waals surface area contributed by atoms with Crippen LogP contribution < -0.4 is 10.5 Å². The summed E-state index contributed by atoms with van der Waals surface area (Å²) in [4.78, 5) is 17.9. The second-order valence-electron chi connectivity index (χ2n) is 4.11. The number of nitrogens with zero attached hydrogens (tertiary/aromatic N) is 2. The summed E-state index contributed by atoms with van der Waals surface area (Å²) in [5.74, 6) is -0.0772. The lowest BCUT2D eigenvalue weighted by Gasteiger charge is -2.05. The molecule has 0 spiro atoms. The molecule has 0 aliphatic rings. The van der Waals surface area contributed by atoms with Crippen molar-refractivity contribution in [2.24, 2.45) is 0 Å². The van der Waals surface area contributed by atoms with Crippen molar-refractivity contribution in [3.8, 4) is 23.1 Å². The number of ether oxygens (including phenoxy) is 1. The van der Waals surface area contributed by atoms with E-state index in [2.05, 4.69) is 16.0 Å². The first-order valence-corrected chi connectivity index (χ1v) is 5.78. The average molecular weight is 267 g/mol. The standard InChI is InChI=1S/C14H9N3O3/c1-19-13-7-16-10(5-9(13)6-15)8-2-3-12-11(4-8)17-14(18)20-12/h2-5,7H,1H3,(H,17,18). The van der Waals surface area contributed by atoms with Crippen LogP contribution in [0.2, 0.25) is 0 Å². The molecule has 2 heterocycles. The minimum absolute atomic E-state index is 0.401. The molecular formula is C14H9N3O3. The highest BCUT2D eigenvalue weighted by Gasteiger charge is 2.09. The summed E-state index contributed by atoms with van der Waals surface area (Å²) in [5, 5.41) is 9.08. The molecule has 3 aromatic rings. The zero-order valence-corrected chi connectivity index (χ0v) is 10.5. The molecule has 0 radical (unpaired) electrons. The number of nitrogens with one attached hydrogen (secondary N) is 1. The monoisotopic (exact) mass is 267 g/mol. The topological polar surface area (TPSA) is 91.9 Å². The van der Waals surface area contributed by atoms with Crippen LogP contribution in [0, 0.1) is 11.3 Å². The van der Waals surface area contributed by atoms with Gasteiger partial charge in [0.1, 0.15) is 6.07 Å². The summed E-state index contributed by atoms with van der Waals surface area (Å²) in [6.45, 7) is 0. The molecule has 0 saturated heterocycles. The van der Waals surface area contributed by atoms with Gasteiger partial charge in [0.15, 0.2) is 11.3 Å². The van der Waals surface area contributed by atoms with Gasteiger partial charge in [-0.15, -0.1) is 0 Å². The Kier molecular flexibility index (Phi) is 2.73. The third-order valence-corrected chi connectivity index (χ3v) is 2.92. The van der Waals surface area contributed by atoms with Crippen LogP contribution in [-0.4, -0.2) is 17.1 Å². The van der Waals surface area contributed by atoms with Gasteiger partial charge >= 0.3 is 5.76 Å². The van der Waals surface area contributed by atoms with Crippen molar-refractivity contribution in [2.45, 2.75) is 0 Å². The number of aromatic nitrogens is 2. The SMILES string of the molecule is COc1cnc(-c2ccc3oc(=O)[nH]c3c2)cc1C#N. The Balaban J connectivity index is 2.15. The van der Waals surface area contributed by atoms with Gasteiger partial charge in [-0.3, -0.25) is 9.97 Å². The molecule has 0 atom stereocenters. The van der Waals surface area contributed by atoms with Crippen molar-refractivity contribution < 1.29 is 9.15 Å². The molecule has 2 aromatic heterocycles. The van der Waals surface area contributed by atoms with Gasteiger partial charge < -0.3 is 9.15 Å². The molecule has 3 rings (SSSR count). The van der Waals surface area contributed by atoms with Crippen molar-refractivity contribution in [1.29, 1.82) is 5.26 Å². The number of pyridine rings is 1. The second-order valence-corrected chi connectivity index (χ2v) is 4.11. The maximum Gasteiger partial charge on any atom is 0.417 e. The number of oxazole rings is 1. The number of nitriles is 1. The fourth-order valence-electron chi connectivity index (χ4n) is 1.96. The van der Waals surface area contributed by atoms with Gasteiger partial charge in [-0.25, -0.2) is 4.79 Å². The van der Waals surface area contributed by atoms with E-state index in [1.165, 1.54) is 13.3 Å². The Bertz CT molecular complexity index is 887. The lowest BCUT2D eigenvalue weighted by molar-refractivity contribution is 0.411. The molecule has 98 valence electrons. The predicted octanol–water partition coefficient (Wildman–Crippen LogP) is 2.06. The summed E-state index contributed by atoms with van der Waals surface area (Å²) >= 11 is 0. The van der Waals surface area contributed by atoms with E-state index in [4.69, 9.17) is 14.4 Å². The molecule has 0 amide bonds. The van der Waals surface area contributed by atoms with Crippen molar-refractivity contribution in [2.75, 3.05) is 7.11 Å². The molecular weight excluding hydrogens is 258 g/mol. The third kappa shape index (κ3) is 1.91. The van der Waals surface area contributed by atoms with Crippen molar-refractivity contribution in [3.63, 3.8) is 0 Å². The van der Waals surface area contributed by atoms with Crippen LogP contribution in [-0.2, 0) is 0 Å². The Hall–Kier alpha value is -3.07. The highest BCUT2D eigenvalue weighted by atomic mass is 16.5. The number of hydrogen-bond donors (Lipinski definition) is 1. The normalized spacial score (nSPS) is 10.4. The number of methoxy groups -OCH3 is 1. The van der Waals surface area contributed by atoms with E-state index in [9.17, 15) is 4.79 Å². The predicted molar refractivity (Wildman–Crippen MR) is 71.3 cm³/mol. The number of aromatic amines is 1. The van der Waals surface area contributed by atoms with Gasteiger partial charge in [0.25, 0.3) is 0 Å². The smallest absolute Gasteiger partial charge is 0.417 e. The number of H-pyrrole nitrogens is 1. The highest BCUT2D eigenvalue weighted by Crippen LogP contribution is 2.25. The van der Waals surface area contributed by atoms with E-state index in [1.807, 2.05) is 0 Å². The van der Waals surface area contributed by atoms with Gasteiger partial charge in [-0.2, -0.15) is 5.26 Å². The summed E-state index contributed by atoms with van der Waals surface area (Å²) in [7, 11) is 1.49. The molecule has 0 aliphatic carbocycles. The zero-order valence-electron chi connectivity index (χ0n) is 10.5. The number of fused-ring (bicyclic) bond motifs is 1. The first-order chi connectivity index (χ1) is 9.71. The maximum atomic E-state index is 11.1. The van der Waals surface area contributed by atoms with Gasteiger partial charge in [0.05, 0.1) is 30.1 Å². The molecule has 1 N–H and O–H groups in total. The molecule has 0 fully saturated rings. The van der Waals surface area contributed by atoms with Crippen molar-refractivity contribution in [3.05, 3.63) is 46.6 Å². The molecule has 0 saturated carbocycles. The lowest BCUT2D eigenvalue weighted by Crippen LogP contribution is -1.93. The lowest BCUT2D eigenvalue weighted by atomic mass is 10.1. The van der Waals surface area contributed by atoms with Gasteiger partial charge in [0, 0.05) is 5.56 Å². The minimum Gasteiger partial charge on any atom is -0.494 e. The van der Waals surface area contributed by atoms with E-state index < -0.39 is 5.76 Å². The van der Waals surface area contributed by atoms with E-state index in [0.29, 0.717) is 28.1 Å². The van der Waals surface area contributed by atoms with Crippen LogP contribution in [0.4, 0.5) is 0 Å². The Morgan fingerprint density at radius 3 is 3.00 bits per heavy atom. The highest BCUT2D eigenvalue weighted by molar-refractivity contribution is 5.79. The molecule has 6 nitrogen and oxygen atoms in total. The van der Waals surface area contributed by atoms with E-state index >= 15 is 0 Å². The van der Waals surface area contributed by atoms with Crippen LogP contribution in [0.25, 0.3) is 22.4 Å². The summed E-state index contributed by atoms with van der Waals surface area (Å²) in [5.41, 5.74) is 2.86. The van der Waals surface area contributed by atoms with Crippen LogP contribution in [0.5, 0.6) is 5.75 Å². The summed E-state index contributed by atoms with van der Waals surface area (Å²) in [6.07, 6.45) is 1.50. The number of rotatable bonds is 2. The first kappa shape index (κ1) is 12.0. The first-order valence-electron chi connectivity index (χ1n) is 5.78. The molecule has 0 aliphatic heterocycles. The van der Waals surface area contributed by atoms with Crippen LogP contribution in [0.15, 0.2) is 39.7 Å². The molecule has 20 heavy (non-hydrogen) atoms. The maximum absolute atomic E-state index is 11.1. The zero-order chi connectivity index (χ0) is 14.1. The van der Waals surface area contributed by atoms with Gasteiger partial charge in [-0.1, -0.05) is 0 Å². The minimum atomic E-state index is -0.502. The van der Waals surface area contributed by atoms with Crippen molar-refractivity contribution in [1.82, 2.24) is 9.97 Å². The van der Waals surface area contributed by atoms with Gasteiger partial charge in [-0.05, 0) is 24.3 Å². The van der Waals surface area contributed by atoms with E-state index in [-0.39, 0.29) is 0 Å². The number of benzene rings is 1. The Morgan fingerprint density at radius 1 is 1.40 bits per heavy atom. The Morgan fingerprint density at radius 2 is 2.25 bits per heavy atom. The fraction of sp³-hybridized carbons (Fsp3) is 0.0714. The fourth-order valence-corrected chi connectivity index (χ4v) is 1.96. The molecule has 0 unspecified atom stereocenters. The Labute approximate surface area is 113 Å². The van der Waals surface area contributed by atoms with E-state index in [1.54, 1.807) is 24.3 Å². The summed E-state index contributed by atoms with van der Waals surface area (Å²) < 4.78 is 9.99. The van der Waals surface area contributed by atoms with Crippen molar-refractivity contribution >= 4 is 11.1 Å². The van der Waals surface area contributed by atoms with Gasteiger partial charge in [0.2, 0.25) is 0 Å². The second kappa shape index (κ2) is 4.55. The number of hydrogen-bond acceptors (Lipinski definition) is 5. The largest absolute Gasteiger partial charge is 0.494 e. The quantitative estimate of drug-likeness (QED) is 0.767.